The SMILES string of the molecule is COc1ccc(CCNC(=O)[C@@H]2CCC[C@@H]2CN)cc1F.Cl. The summed E-state index contributed by atoms with van der Waals surface area (Å²) in [4.78, 5) is 12.1. The standard InChI is InChI=1S/C16H23FN2O2.ClH/c1-21-15-6-5-11(9-14(15)17)7-8-19-16(20)13-4-2-3-12(13)10-18;/h5-6,9,12-13H,2-4,7-8,10,18H2,1H3,(H,19,20);1H/t12-,13-;/m1./s1. The number of methoxy groups -OCH3 is 1. The van der Waals surface area contributed by atoms with Crippen molar-refractivity contribution < 1.29 is 13.9 Å². The van der Waals surface area contributed by atoms with Crippen LogP contribution in [0.3, 0.4) is 0 Å². The Kier molecular flexibility index (Phi) is 7.62. The Balaban J connectivity index is 0.00000242. The highest BCUT2D eigenvalue weighted by atomic mass is 35.5. The molecule has 1 fully saturated rings. The number of ether oxygens (including phenoxy) is 1. The van der Waals surface area contributed by atoms with Gasteiger partial charge in [0, 0.05) is 12.5 Å². The summed E-state index contributed by atoms with van der Waals surface area (Å²) in [6, 6.07) is 4.86. The number of rotatable bonds is 6. The fourth-order valence-corrected chi connectivity index (χ4v) is 2.99. The minimum absolute atomic E-state index is 0. The number of carbonyl (C=O) groups is 1. The zero-order chi connectivity index (χ0) is 15.2. The average Bonchev–Trinajstić information content (AvgIpc) is 2.96. The highest BCUT2D eigenvalue weighted by Gasteiger charge is 2.31. The average molecular weight is 331 g/mol. The van der Waals surface area contributed by atoms with E-state index in [1.807, 2.05) is 6.07 Å². The molecule has 124 valence electrons. The van der Waals surface area contributed by atoms with Gasteiger partial charge in [-0.05, 0) is 49.4 Å². The number of halogens is 2. The van der Waals surface area contributed by atoms with Gasteiger partial charge in [-0.1, -0.05) is 12.5 Å². The maximum absolute atomic E-state index is 13.6. The molecule has 0 bridgehead atoms. The second-order valence-electron chi connectivity index (χ2n) is 5.54. The van der Waals surface area contributed by atoms with Crippen molar-refractivity contribution in [1.29, 1.82) is 0 Å². The number of hydrogen-bond donors (Lipinski definition) is 2. The molecular formula is C16H24ClFN2O2. The molecular weight excluding hydrogens is 307 g/mol. The minimum atomic E-state index is -0.375. The van der Waals surface area contributed by atoms with Gasteiger partial charge in [-0.25, -0.2) is 4.39 Å². The lowest BCUT2D eigenvalue weighted by atomic mass is 9.95. The van der Waals surface area contributed by atoms with Crippen LogP contribution in [0.2, 0.25) is 0 Å². The van der Waals surface area contributed by atoms with Crippen LogP contribution in [-0.2, 0) is 11.2 Å². The molecule has 0 radical (unpaired) electrons. The van der Waals surface area contributed by atoms with Gasteiger partial charge in [-0.3, -0.25) is 4.79 Å². The molecule has 22 heavy (non-hydrogen) atoms. The van der Waals surface area contributed by atoms with E-state index in [2.05, 4.69) is 5.32 Å². The fourth-order valence-electron chi connectivity index (χ4n) is 2.99. The Labute approximate surface area is 137 Å². The van der Waals surface area contributed by atoms with Gasteiger partial charge in [0.25, 0.3) is 0 Å². The molecule has 1 aliphatic carbocycles. The monoisotopic (exact) mass is 330 g/mol. The third-order valence-corrected chi connectivity index (χ3v) is 4.23. The summed E-state index contributed by atoms with van der Waals surface area (Å²) < 4.78 is 18.4. The molecule has 4 nitrogen and oxygen atoms in total. The van der Waals surface area contributed by atoms with Crippen molar-refractivity contribution in [3.05, 3.63) is 29.6 Å². The molecule has 0 unspecified atom stereocenters. The molecule has 0 heterocycles. The number of nitrogens with two attached hydrogens (primary N) is 1. The summed E-state index contributed by atoms with van der Waals surface area (Å²) in [5.74, 6) is 0.294. The van der Waals surface area contributed by atoms with E-state index >= 15 is 0 Å². The van der Waals surface area contributed by atoms with Crippen molar-refractivity contribution in [1.82, 2.24) is 5.32 Å². The van der Waals surface area contributed by atoms with Gasteiger partial charge in [0.2, 0.25) is 5.91 Å². The first-order chi connectivity index (χ1) is 10.2. The van der Waals surface area contributed by atoms with Crippen LogP contribution in [0.1, 0.15) is 24.8 Å². The van der Waals surface area contributed by atoms with Crippen molar-refractivity contribution in [3.63, 3.8) is 0 Å². The van der Waals surface area contributed by atoms with Gasteiger partial charge in [0.05, 0.1) is 7.11 Å². The maximum Gasteiger partial charge on any atom is 0.223 e. The van der Waals surface area contributed by atoms with Crippen molar-refractivity contribution in [2.75, 3.05) is 20.2 Å². The Morgan fingerprint density at radius 3 is 2.86 bits per heavy atom. The third-order valence-electron chi connectivity index (χ3n) is 4.23. The van der Waals surface area contributed by atoms with E-state index in [9.17, 15) is 9.18 Å². The van der Waals surface area contributed by atoms with Crippen LogP contribution in [0.5, 0.6) is 5.75 Å². The second kappa shape index (κ2) is 8.96. The Hall–Kier alpha value is -1.33. The first-order valence-corrected chi connectivity index (χ1v) is 7.46. The number of hydrogen-bond acceptors (Lipinski definition) is 3. The number of amides is 1. The molecule has 3 N–H and O–H groups in total. The van der Waals surface area contributed by atoms with E-state index in [1.54, 1.807) is 6.07 Å². The summed E-state index contributed by atoms with van der Waals surface area (Å²) in [7, 11) is 1.44. The second-order valence-corrected chi connectivity index (χ2v) is 5.54. The van der Waals surface area contributed by atoms with Crippen LogP contribution in [-0.4, -0.2) is 26.1 Å². The van der Waals surface area contributed by atoms with Crippen LogP contribution in [0.15, 0.2) is 18.2 Å². The van der Waals surface area contributed by atoms with E-state index in [1.165, 1.54) is 13.2 Å². The van der Waals surface area contributed by atoms with Crippen molar-refractivity contribution in [3.8, 4) is 5.75 Å². The topological polar surface area (TPSA) is 64.3 Å². The largest absolute Gasteiger partial charge is 0.494 e. The molecule has 1 aromatic carbocycles. The van der Waals surface area contributed by atoms with Crippen LogP contribution in [0.4, 0.5) is 4.39 Å². The molecule has 1 amide bonds. The van der Waals surface area contributed by atoms with Gasteiger partial charge >= 0.3 is 0 Å². The van der Waals surface area contributed by atoms with E-state index in [0.717, 1.165) is 24.8 Å². The van der Waals surface area contributed by atoms with Crippen LogP contribution in [0.25, 0.3) is 0 Å². The molecule has 1 saturated carbocycles. The molecule has 2 atom stereocenters. The first kappa shape index (κ1) is 18.7. The van der Waals surface area contributed by atoms with Crippen molar-refractivity contribution in [2.24, 2.45) is 17.6 Å². The number of nitrogens with one attached hydrogen (secondary N) is 1. The predicted octanol–water partition coefficient (Wildman–Crippen LogP) is 2.29. The summed E-state index contributed by atoms with van der Waals surface area (Å²) in [6.07, 6.45) is 3.64. The molecule has 0 spiro atoms. The van der Waals surface area contributed by atoms with Crippen LogP contribution < -0.4 is 15.8 Å². The molecule has 1 aromatic rings. The molecule has 0 saturated heterocycles. The number of carbonyl (C=O) groups excluding carboxylic acids is 1. The molecule has 1 aliphatic rings. The minimum Gasteiger partial charge on any atom is -0.494 e. The lowest BCUT2D eigenvalue weighted by Gasteiger charge is -2.17. The van der Waals surface area contributed by atoms with Gasteiger partial charge in [-0.2, -0.15) is 0 Å². The highest BCUT2D eigenvalue weighted by Crippen LogP contribution is 2.30. The van der Waals surface area contributed by atoms with Crippen molar-refractivity contribution >= 4 is 18.3 Å². The predicted molar refractivity (Wildman–Crippen MR) is 86.8 cm³/mol. The van der Waals surface area contributed by atoms with Gasteiger partial charge < -0.3 is 15.8 Å². The smallest absolute Gasteiger partial charge is 0.223 e. The lowest BCUT2D eigenvalue weighted by molar-refractivity contribution is -0.125. The quantitative estimate of drug-likeness (QED) is 0.841. The number of benzene rings is 1. The molecule has 2 rings (SSSR count). The summed E-state index contributed by atoms with van der Waals surface area (Å²) in [5, 5.41) is 2.94. The summed E-state index contributed by atoms with van der Waals surface area (Å²) >= 11 is 0. The molecule has 0 aromatic heterocycles. The highest BCUT2D eigenvalue weighted by molar-refractivity contribution is 5.85. The fraction of sp³-hybridized carbons (Fsp3) is 0.562. The summed E-state index contributed by atoms with van der Waals surface area (Å²) in [5.41, 5.74) is 6.54. The van der Waals surface area contributed by atoms with E-state index in [4.69, 9.17) is 10.5 Å². The van der Waals surface area contributed by atoms with E-state index in [-0.39, 0.29) is 35.8 Å². The van der Waals surface area contributed by atoms with Gasteiger partial charge in [-0.15, -0.1) is 12.4 Å². The molecule has 6 heteroatoms. The first-order valence-electron chi connectivity index (χ1n) is 7.46. The van der Waals surface area contributed by atoms with Crippen molar-refractivity contribution in [2.45, 2.75) is 25.7 Å². The van der Waals surface area contributed by atoms with E-state index < -0.39 is 0 Å². The Bertz CT molecular complexity index is 499. The lowest BCUT2D eigenvalue weighted by Crippen LogP contribution is -2.36. The van der Waals surface area contributed by atoms with E-state index in [0.29, 0.717) is 25.4 Å². The zero-order valence-electron chi connectivity index (χ0n) is 12.8. The van der Waals surface area contributed by atoms with Gasteiger partial charge in [0.1, 0.15) is 0 Å². The third kappa shape index (κ3) is 4.58. The van der Waals surface area contributed by atoms with Gasteiger partial charge in [0.15, 0.2) is 11.6 Å². The Morgan fingerprint density at radius 1 is 1.45 bits per heavy atom. The normalized spacial score (nSPS) is 20.3. The van der Waals surface area contributed by atoms with Crippen LogP contribution >= 0.6 is 12.4 Å². The Morgan fingerprint density at radius 2 is 2.23 bits per heavy atom. The maximum atomic E-state index is 13.6. The van der Waals surface area contributed by atoms with Crippen LogP contribution in [0, 0.1) is 17.7 Å². The summed E-state index contributed by atoms with van der Waals surface area (Å²) in [6.45, 7) is 1.08. The zero-order valence-corrected chi connectivity index (χ0v) is 13.6. The molecule has 0 aliphatic heterocycles.